The van der Waals surface area contributed by atoms with E-state index in [0.29, 0.717) is 9.53 Å². The second-order valence-electron chi connectivity index (χ2n) is 2.86. The molecule has 0 aromatic carbocycles. The number of carbonyl (C=O) groups excluding carboxylic acids is 1. The quantitative estimate of drug-likeness (QED) is 0.493. The predicted octanol–water partition coefficient (Wildman–Crippen LogP) is 3.61. The smallest absolute Gasteiger partial charge is 0.159 e. The lowest BCUT2D eigenvalue weighted by Gasteiger charge is -1.95. The van der Waals surface area contributed by atoms with Gasteiger partial charge in [0.15, 0.2) is 9.74 Å². The van der Waals surface area contributed by atoms with Gasteiger partial charge >= 0.3 is 0 Å². The number of thiazole rings is 1. The fourth-order valence-electron chi connectivity index (χ4n) is 1.07. The number of ketones is 1. The molecule has 0 aliphatic carbocycles. The van der Waals surface area contributed by atoms with Crippen LogP contribution in [-0.4, -0.2) is 10.8 Å². The van der Waals surface area contributed by atoms with Gasteiger partial charge < -0.3 is 4.98 Å². The Labute approximate surface area is 97.7 Å². The molecule has 1 rings (SSSR count). The molecule has 0 spiro atoms. The maximum Gasteiger partial charge on any atom is 0.159 e. The first kappa shape index (κ1) is 11.8. The molecule has 1 aromatic heterocycles. The highest BCUT2D eigenvalue weighted by Crippen LogP contribution is 2.19. The molecule has 0 saturated carbocycles. The minimum absolute atomic E-state index is 0.0227. The van der Waals surface area contributed by atoms with Gasteiger partial charge in [0.1, 0.15) is 0 Å². The zero-order chi connectivity index (χ0) is 11.4. The molecule has 0 aliphatic rings. The molecule has 1 N–H and O–H groups in total. The van der Waals surface area contributed by atoms with Crippen LogP contribution in [0, 0.1) is 3.95 Å². The minimum Gasteiger partial charge on any atom is -0.337 e. The van der Waals surface area contributed by atoms with Crippen LogP contribution in [-0.2, 0) is 4.79 Å². The van der Waals surface area contributed by atoms with Crippen molar-refractivity contribution in [3.05, 3.63) is 39.3 Å². The van der Waals surface area contributed by atoms with E-state index in [1.54, 1.807) is 12.2 Å². The Bertz CT molecular complexity index is 491. The number of hydrogen-bond donors (Lipinski definition) is 1. The SMILES string of the molecule is C=C/C(=C\c1[nH]c(=S)sc1C=C)C(C)=O. The number of aromatic nitrogens is 1. The summed E-state index contributed by atoms with van der Waals surface area (Å²) in [7, 11) is 0. The Hall–Kier alpha value is -1.26. The largest absolute Gasteiger partial charge is 0.337 e. The van der Waals surface area contributed by atoms with E-state index >= 15 is 0 Å². The summed E-state index contributed by atoms with van der Waals surface area (Å²) in [5.74, 6) is -0.0227. The standard InChI is InChI=1S/C11H11NOS2/c1-4-8(7(3)13)6-9-10(5-2)15-11(14)12-9/h4-6H,1-2H2,3H3,(H,12,14)/b8-6+. The number of aromatic amines is 1. The van der Waals surface area contributed by atoms with Gasteiger partial charge in [-0.25, -0.2) is 0 Å². The van der Waals surface area contributed by atoms with Gasteiger partial charge in [0.25, 0.3) is 0 Å². The van der Waals surface area contributed by atoms with Crippen molar-refractivity contribution >= 4 is 41.5 Å². The molecule has 0 fully saturated rings. The van der Waals surface area contributed by atoms with Crippen LogP contribution in [0.25, 0.3) is 12.2 Å². The Morgan fingerprint density at radius 3 is 2.67 bits per heavy atom. The summed E-state index contributed by atoms with van der Waals surface area (Å²) in [4.78, 5) is 15.1. The zero-order valence-electron chi connectivity index (χ0n) is 8.37. The molecule has 1 heterocycles. The molecule has 1 aromatic rings. The van der Waals surface area contributed by atoms with Gasteiger partial charge in [-0.1, -0.05) is 19.2 Å². The van der Waals surface area contributed by atoms with Crippen molar-refractivity contribution < 1.29 is 4.79 Å². The molecule has 0 radical (unpaired) electrons. The third-order valence-electron chi connectivity index (χ3n) is 1.82. The van der Waals surface area contributed by atoms with E-state index in [1.165, 1.54) is 24.3 Å². The van der Waals surface area contributed by atoms with E-state index in [1.807, 2.05) is 0 Å². The van der Waals surface area contributed by atoms with Crippen LogP contribution in [0.4, 0.5) is 0 Å². The zero-order valence-corrected chi connectivity index (χ0v) is 10.0. The van der Waals surface area contributed by atoms with Gasteiger partial charge in [-0.3, -0.25) is 4.79 Å². The van der Waals surface area contributed by atoms with Crippen LogP contribution in [0.1, 0.15) is 17.5 Å². The summed E-state index contributed by atoms with van der Waals surface area (Å²) in [5, 5.41) is 0. The van der Waals surface area contributed by atoms with E-state index < -0.39 is 0 Å². The molecule has 0 saturated heterocycles. The monoisotopic (exact) mass is 237 g/mol. The lowest BCUT2D eigenvalue weighted by molar-refractivity contribution is -0.113. The predicted molar refractivity (Wildman–Crippen MR) is 68.4 cm³/mol. The first-order chi connectivity index (χ1) is 7.08. The van der Waals surface area contributed by atoms with Crippen LogP contribution >= 0.6 is 23.6 Å². The van der Waals surface area contributed by atoms with Gasteiger partial charge in [-0.05, 0) is 31.3 Å². The number of Topliss-reactive ketones (excluding diaryl/α,β-unsaturated/α-hetero) is 1. The summed E-state index contributed by atoms with van der Waals surface area (Å²) in [6.07, 6.45) is 4.98. The molecule has 0 aliphatic heterocycles. The summed E-state index contributed by atoms with van der Waals surface area (Å²) < 4.78 is 0.670. The Morgan fingerprint density at radius 1 is 1.53 bits per heavy atom. The summed E-state index contributed by atoms with van der Waals surface area (Å²) in [5.41, 5.74) is 1.37. The minimum atomic E-state index is -0.0227. The Kier molecular flexibility index (Phi) is 3.94. The number of hydrogen-bond acceptors (Lipinski definition) is 3. The van der Waals surface area contributed by atoms with E-state index in [9.17, 15) is 4.79 Å². The maximum absolute atomic E-state index is 11.2. The van der Waals surface area contributed by atoms with Gasteiger partial charge in [-0.15, -0.1) is 11.3 Å². The fraction of sp³-hybridized carbons (Fsp3) is 0.0909. The highest BCUT2D eigenvalue weighted by molar-refractivity contribution is 7.73. The molecule has 0 unspecified atom stereocenters. The molecule has 78 valence electrons. The lowest BCUT2D eigenvalue weighted by atomic mass is 10.1. The Morgan fingerprint density at radius 2 is 2.20 bits per heavy atom. The van der Waals surface area contributed by atoms with Crippen molar-refractivity contribution in [1.29, 1.82) is 0 Å². The van der Waals surface area contributed by atoms with E-state index in [0.717, 1.165) is 10.6 Å². The second-order valence-corrected chi connectivity index (χ2v) is 4.58. The number of allylic oxidation sites excluding steroid dienone is 2. The van der Waals surface area contributed by atoms with Gasteiger partial charge in [-0.2, -0.15) is 0 Å². The first-order valence-electron chi connectivity index (χ1n) is 4.29. The third kappa shape index (κ3) is 2.84. The molecule has 0 amide bonds. The van der Waals surface area contributed by atoms with Crippen molar-refractivity contribution in [2.75, 3.05) is 0 Å². The molecule has 4 heteroatoms. The van der Waals surface area contributed by atoms with Crippen molar-refractivity contribution in [3.63, 3.8) is 0 Å². The summed E-state index contributed by atoms with van der Waals surface area (Å²) in [6.45, 7) is 8.78. The van der Waals surface area contributed by atoms with Gasteiger partial charge in [0, 0.05) is 5.57 Å². The number of H-pyrrole nitrogens is 1. The van der Waals surface area contributed by atoms with Crippen LogP contribution in [0.5, 0.6) is 0 Å². The average Bonchev–Trinajstić information content (AvgIpc) is 2.54. The molecule has 15 heavy (non-hydrogen) atoms. The molecule has 0 bridgehead atoms. The summed E-state index contributed by atoms with van der Waals surface area (Å²) >= 11 is 6.45. The van der Waals surface area contributed by atoms with Crippen LogP contribution in [0.3, 0.4) is 0 Å². The van der Waals surface area contributed by atoms with Gasteiger partial charge in [0.05, 0.1) is 10.6 Å². The topological polar surface area (TPSA) is 32.9 Å². The second kappa shape index (κ2) is 5.00. The molecule has 2 nitrogen and oxygen atoms in total. The van der Waals surface area contributed by atoms with Crippen molar-refractivity contribution in [2.24, 2.45) is 0 Å². The fourth-order valence-corrected chi connectivity index (χ4v) is 2.11. The number of carbonyl (C=O) groups is 1. The average molecular weight is 237 g/mol. The van der Waals surface area contributed by atoms with Crippen molar-refractivity contribution in [2.45, 2.75) is 6.92 Å². The number of nitrogens with one attached hydrogen (secondary N) is 1. The van der Waals surface area contributed by atoms with Crippen LogP contribution in [0.2, 0.25) is 0 Å². The highest BCUT2D eigenvalue weighted by Gasteiger charge is 2.04. The highest BCUT2D eigenvalue weighted by atomic mass is 32.1. The molecular weight excluding hydrogens is 226 g/mol. The van der Waals surface area contributed by atoms with Gasteiger partial charge in [0.2, 0.25) is 0 Å². The van der Waals surface area contributed by atoms with Crippen molar-refractivity contribution in [1.82, 2.24) is 4.98 Å². The molecular formula is C11H11NOS2. The normalized spacial score (nSPS) is 11.1. The Balaban J connectivity index is 3.27. The van der Waals surface area contributed by atoms with E-state index in [-0.39, 0.29) is 5.78 Å². The van der Waals surface area contributed by atoms with Crippen LogP contribution in [0.15, 0.2) is 24.8 Å². The van der Waals surface area contributed by atoms with Crippen molar-refractivity contribution in [3.8, 4) is 0 Å². The third-order valence-corrected chi connectivity index (χ3v) is 3.06. The maximum atomic E-state index is 11.2. The number of rotatable bonds is 4. The summed E-state index contributed by atoms with van der Waals surface area (Å²) in [6, 6.07) is 0. The lowest BCUT2D eigenvalue weighted by Crippen LogP contribution is -1.92. The molecule has 0 atom stereocenters. The van der Waals surface area contributed by atoms with Crippen LogP contribution < -0.4 is 0 Å². The first-order valence-corrected chi connectivity index (χ1v) is 5.51. The van der Waals surface area contributed by atoms with E-state index in [4.69, 9.17) is 12.2 Å². The van der Waals surface area contributed by atoms with E-state index in [2.05, 4.69) is 18.1 Å².